The van der Waals surface area contributed by atoms with Crippen LogP contribution in [0.25, 0.3) is 0 Å². The molecule has 0 aliphatic heterocycles. The van der Waals surface area contributed by atoms with E-state index in [-0.39, 0.29) is 31.8 Å². The highest BCUT2D eigenvalue weighted by atomic mass is 16.4. The number of carboxylic acid groups (broad SMARTS) is 3. The normalized spacial score (nSPS) is 14.2. The third-order valence-corrected chi connectivity index (χ3v) is 2.54. The lowest BCUT2D eigenvalue weighted by Gasteiger charge is -2.14. The van der Waals surface area contributed by atoms with Gasteiger partial charge in [-0.1, -0.05) is 0 Å². The molecule has 0 aromatic carbocycles. The predicted octanol–water partition coefficient (Wildman–Crippen LogP) is -1.60. The van der Waals surface area contributed by atoms with Gasteiger partial charge in [0, 0.05) is 13.0 Å². The van der Waals surface area contributed by atoms with Crippen LogP contribution in [0.15, 0.2) is 4.99 Å². The quantitative estimate of drug-likeness (QED) is 0.157. The predicted molar refractivity (Wildman–Crippen MR) is 72.8 cm³/mol. The van der Waals surface area contributed by atoms with Gasteiger partial charge in [0.05, 0.1) is 0 Å². The molecule has 10 nitrogen and oxygen atoms in total. The number of guanidine groups is 1. The molecule has 0 aromatic heterocycles. The Morgan fingerprint density at radius 2 is 1.71 bits per heavy atom. The lowest BCUT2D eigenvalue weighted by molar-refractivity contribution is -0.141. The molecule has 0 spiro atoms. The first-order valence-electron chi connectivity index (χ1n) is 6.23. The third-order valence-electron chi connectivity index (χ3n) is 2.54. The van der Waals surface area contributed by atoms with E-state index in [1.54, 1.807) is 0 Å². The van der Waals surface area contributed by atoms with Gasteiger partial charge in [0.25, 0.3) is 0 Å². The van der Waals surface area contributed by atoms with Crippen molar-refractivity contribution < 1.29 is 29.7 Å². The Morgan fingerprint density at radius 3 is 2.19 bits per heavy atom. The standard InChI is InChI=1S/C11H20N4O6/c12-6(9(18)19)2-1-5-14-11(13)15-7(10(20)21)3-4-8(16)17/h6-7H,1-5,12H2,(H,16,17)(H,18,19)(H,20,21)(H3,13,14,15)/t6-,7?/m0/s1. The molecule has 8 N–H and O–H groups in total. The molecule has 10 heteroatoms. The van der Waals surface area contributed by atoms with E-state index in [2.05, 4.69) is 10.3 Å². The van der Waals surface area contributed by atoms with Crippen LogP contribution in [0.3, 0.4) is 0 Å². The van der Waals surface area contributed by atoms with E-state index in [9.17, 15) is 14.4 Å². The molecule has 1 unspecified atom stereocenters. The number of hydrogen-bond donors (Lipinski definition) is 6. The number of carboxylic acids is 3. The van der Waals surface area contributed by atoms with Gasteiger partial charge in [-0.05, 0) is 19.3 Å². The number of aliphatic carboxylic acids is 3. The molecule has 0 saturated heterocycles. The maximum atomic E-state index is 10.9. The largest absolute Gasteiger partial charge is 0.481 e. The third kappa shape index (κ3) is 9.21. The van der Waals surface area contributed by atoms with Crippen LogP contribution in [0.1, 0.15) is 25.7 Å². The van der Waals surface area contributed by atoms with Crippen LogP contribution < -0.4 is 16.8 Å². The topological polar surface area (TPSA) is 188 Å². The molecule has 0 heterocycles. The minimum Gasteiger partial charge on any atom is -0.481 e. The van der Waals surface area contributed by atoms with Crippen molar-refractivity contribution in [3.05, 3.63) is 0 Å². The molecule has 2 atom stereocenters. The van der Waals surface area contributed by atoms with Gasteiger partial charge < -0.3 is 32.1 Å². The van der Waals surface area contributed by atoms with Crippen LogP contribution in [0, 0.1) is 0 Å². The van der Waals surface area contributed by atoms with Crippen molar-refractivity contribution in [2.75, 3.05) is 6.54 Å². The van der Waals surface area contributed by atoms with E-state index < -0.39 is 30.0 Å². The molecule has 0 aromatic rings. The zero-order valence-corrected chi connectivity index (χ0v) is 11.4. The van der Waals surface area contributed by atoms with Gasteiger partial charge in [-0.2, -0.15) is 0 Å². The number of aliphatic imine (C=N–C) groups is 1. The minimum atomic E-state index is -1.23. The number of nitrogens with two attached hydrogens (primary N) is 2. The van der Waals surface area contributed by atoms with Crippen molar-refractivity contribution in [3.63, 3.8) is 0 Å². The molecule has 0 saturated carbocycles. The number of hydrogen-bond acceptors (Lipinski definition) is 5. The molecule has 0 amide bonds. The number of carbonyl (C=O) groups is 3. The maximum absolute atomic E-state index is 10.9. The zero-order valence-electron chi connectivity index (χ0n) is 11.4. The van der Waals surface area contributed by atoms with Crippen LogP contribution in [0.2, 0.25) is 0 Å². The van der Waals surface area contributed by atoms with Gasteiger partial charge in [0.15, 0.2) is 5.96 Å². The van der Waals surface area contributed by atoms with Crippen molar-refractivity contribution in [1.29, 1.82) is 0 Å². The van der Waals surface area contributed by atoms with Crippen molar-refractivity contribution >= 4 is 23.9 Å². The summed E-state index contributed by atoms with van der Waals surface area (Å²) in [6, 6.07) is -2.12. The number of nitrogens with zero attached hydrogens (tertiary/aromatic N) is 1. The fourth-order valence-corrected chi connectivity index (χ4v) is 1.38. The van der Waals surface area contributed by atoms with Crippen molar-refractivity contribution in [1.82, 2.24) is 5.32 Å². The number of nitrogens with one attached hydrogen (secondary N) is 1. The first kappa shape index (κ1) is 18.6. The fourth-order valence-electron chi connectivity index (χ4n) is 1.38. The second kappa shape index (κ2) is 9.53. The van der Waals surface area contributed by atoms with E-state index in [0.29, 0.717) is 6.42 Å². The Labute approximate surface area is 120 Å². The summed E-state index contributed by atoms with van der Waals surface area (Å²) in [7, 11) is 0. The Morgan fingerprint density at radius 1 is 1.10 bits per heavy atom. The molecule has 0 aliphatic carbocycles. The first-order chi connectivity index (χ1) is 9.73. The molecule has 0 rings (SSSR count). The van der Waals surface area contributed by atoms with Gasteiger partial charge in [-0.15, -0.1) is 0 Å². The van der Waals surface area contributed by atoms with E-state index in [1.807, 2.05) is 0 Å². The summed E-state index contributed by atoms with van der Waals surface area (Å²) in [5.74, 6) is -3.59. The van der Waals surface area contributed by atoms with Crippen LogP contribution in [0.5, 0.6) is 0 Å². The van der Waals surface area contributed by atoms with Crippen LogP contribution in [0.4, 0.5) is 0 Å². The summed E-state index contributed by atoms with van der Waals surface area (Å²) in [5, 5.41) is 28.4. The van der Waals surface area contributed by atoms with Gasteiger partial charge >= 0.3 is 17.9 Å². The van der Waals surface area contributed by atoms with Gasteiger partial charge in [0.1, 0.15) is 12.1 Å². The van der Waals surface area contributed by atoms with Crippen molar-refractivity contribution in [3.8, 4) is 0 Å². The smallest absolute Gasteiger partial charge is 0.326 e. The summed E-state index contributed by atoms with van der Waals surface area (Å²) in [5.41, 5.74) is 10.8. The molecule has 0 aliphatic rings. The fraction of sp³-hybridized carbons (Fsp3) is 0.636. The van der Waals surface area contributed by atoms with Crippen LogP contribution in [-0.2, 0) is 14.4 Å². The Bertz CT molecular complexity index is 412. The average molecular weight is 304 g/mol. The summed E-state index contributed by atoms with van der Waals surface area (Å²) in [6.07, 6.45) is 0.145. The highest BCUT2D eigenvalue weighted by molar-refractivity contribution is 5.85. The SMILES string of the molecule is NC(=NCCC[C@H](N)C(=O)O)NC(CCC(=O)O)C(=O)O. The van der Waals surface area contributed by atoms with Gasteiger partial charge in [-0.25, -0.2) is 4.79 Å². The molecular weight excluding hydrogens is 284 g/mol. The van der Waals surface area contributed by atoms with Crippen LogP contribution >= 0.6 is 0 Å². The van der Waals surface area contributed by atoms with E-state index >= 15 is 0 Å². The summed E-state index contributed by atoms with van der Waals surface area (Å²) < 4.78 is 0. The summed E-state index contributed by atoms with van der Waals surface area (Å²) in [4.78, 5) is 35.6. The first-order valence-corrected chi connectivity index (χ1v) is 6.23. The van der Waals surface area contributed by atoms with E-state index in [1.165, 1.54) is 0 Å². The number of rotatable bonds is 10. The van der Waals surface area contributed by atoms with Crippen LogP contribution in [-0.4, -0.2) is 57.8 Å². The molecular formula is C11H20N4O6. The van der Waals surface area contributed by atoms with E-state index in [0.717, 1.165) is 0 Å². The molecule has 21 heavy (non-hydrogen) atoms. The van der Waals surface area contributed by atoms with Gasteiger partial charge in [-0.3, -0.25) is 14.6 Å². The molecule has 0 fully saturated rings. The lowest BCUT2D eigenvalue weighted by Crippen LogP contribution is -2.45. The summed E-state index contributed by atoms with van der Waals surface area (Å²) >= 11 is 0. The second-order valence-corrected chi connectivity index (χ2v) is 4.32. The second-order valence-electron chi connectivity index (χ2n) is 4.32. The summed E-state index contributed by atoms with van der Waals surface area (Å²) in [6.45, 7) is 0.186. The molecule has 0 bridgehead atoms. The lowest BCUT2D eigenvalue weighted by atomic mass is 10.1. The van der Waals surface area contributed by atoms with Crippen molar-refractivity contribution in [2.24, 2.45) is 16.5 Å². The van der Waals surface area contributed by atoms with Gasteiger partial charge in [0.2, 0.25) is 0 Å². The monoisotopic (exact) mass is 304 g/mol. The zero-order chi connectivity index (χ0) is 16.4. The maximum Gasteiger partial charge on any atom is 0.326 e. The Balaban J connectivity index is 4.19. The molecule has 120 valence electrons. The molecule has 0 radical (unpaired) electrons. The van der Waals surface area contributed by atoms with Crippen molar-refractivity contribution in [2.45, 2.75) is 37.8 Å². The Hall–Kier alpha value is -2.36. The Kier molecular flexibility index (Phi) is 8.46. The minimum absolute atomic E-state index is 0.134. The average Bonchev–Trinajstić information content (AvgIpc) is 2.38. The van der Waals surface area contributed by atoms with E-state index in [4.69, 9.17) is 26.8 Å². The highest BCUT2D eigenvalue weighted by Crippen LogP contribution is 1.98. The highest BCUT2D eigenvalue weighted by Gasteiger charge is 2.19.